The number of hydrogen-bond acceptors (Lipinski definition) is 2. The Morgan fingerprint density at radius 3 is 1.17 bits per heavy atom. The first kappa shape index (κ1) is 7.56. The highest BCUT2D eigenvalue weighted by Gasteiger charge is 1.94. The van der Waals surface area contributed by atoms with Crippen LogP contribution in [0, 0.1) is 0 Å². The third-order valence-electron chi connectivity index (χ3n) is 0.500. The molecule has 38 valence electrons. The topological polar surface area (TPSA) is 0 Å². The van der Waals surface area contributed by atoms with Gasteiger partial charge in [-0.3, -0.25) is 0 Å². The molecule has 0 unspecified atom stereocenters. The lowest BCUT2D eigenvalue weighted by Gasteiger charge is -2.06. The predicted octanol–water partition coefficient (Wildman–Crippen LogP) is 2.03. The summed E-state index contributed by atoms with van der Waals surface area (Å²) in [5.74, 6) is 3.11. The molecule has 0 nitrogen and oxygen atoms in total. The average molecular weight is 158 g/mol. The number of hydrogen-bond donors (Lipinski definition) is 2. The lowest BCUT2D eigenvalue weighted by molar-refractivity contribution is 1.95. The van der Waals surface area contributed by atoms with E-state index in [0.29, 0.717) is 0 Å². The lowest BCUT2D eigenvalue weighted by Crippen LogP contribution is -1.74. The molecule has 0 N–H and O–H groups in total. The summed E-state index contributed by atoms with van der Waals surface area (Å²) in [7, 11) is 2.67. The second-order valence-corrected chi connectivity index (χ2v) is 4.68. The standard InChI is InChI=1S/C2H6P2.H2S2/c1-3-2-4-1;1-2/h3-4H,1-2H2;1-2H. The van der Waals surface area contributed by atoms with Gasteiger partial charge in [0.15, 0.2) is 0 Å². The molecule has 6 heavy (non-hydrogen) atoms. The van der Waals surface area contributed by atoms with Crippen molar-refractivity contribution >= 4 is 40.5 Å². The highest BCUT2D eigenvalue weighted by Crippen LogP contribution is 2.40. The zero-order valence-corrected chi connectivity index (χ0v) is 7.10. The maximum atomic E-state index is 3.22. The van der Waals surface area contributed by atoms with Crippen LogP contribution >= 0.6 is 40.5 Å². The van der Waals surface area contributed by atoms with Gasteiger partial charge in [0.2, 0.25) is 0 Å². The van der Waals surface area contributed by atoms with Gasteiger partial charge < -0.3 is 0 Å². The molecule has 0 aliphatic carbocycles. The van der Waals surface area contributed by atoms with Crippen LogP contribution in [0.2, 0.25) is 0 Å². The summed E-state index contributed by atoms with van der Waals surface area (Å²) in [4.78, 5) is 0. The van der Waals surface area contributed by atoms with Gasteiger partial charge in [0.25, 0.3) is 0 Å². The van der Waals surface area contributed by atoms with E-state index in [1.165, 1.54) is 17.2 Å². The molecule has 4 heteroatoms. The van der Waals surface area contributed by atoms with Crippen molar-refractivity contribution in [1.29, 1.82) is 0 Å². The largest absolute Gasteiger partial charge is 0.115 e. The van der Waals surface area contributed by atoms with Gasteiger partial charge >= 0.3 is 0 Å². The third-order valence-corrected chi connectivity index (χ3v) is 4.50. The summed E-state index contributed by atoms with van der Waals surface area (Å²) in [6.45, 7) is 0. The van der Waals surface area contributed by atoms with Crippen molar-refractivity contribution in [2.45, 2.75) is 0 Å². The molecule has 0 amide bonds. The van der Waals surface area contributed by atoms with E-state index in [1.54, 1.807) is 11.8 Å². The molecule has 0 spiro atoms. The van der Waals surface area contributed by atoms with E-state index in [9.17, 15) is 0 Å². The first-order valence-corrected chi connectivity index (χ1v) is 6.04. The molecule has 1 saturated heterocycles. The van der Waals surface area contributed by atoms with E-state index in [0.717, 1.165) is 0 Å². The van der Waals surface area contributed by atoms with E-state index in [-0.39, 0.29) is 0 Å². The van der Waals surface area contributed by atoms with Crippen LogP contribution in [0.25, 0.3) is 0 Å². The minimum absolute atomic E-state index is 1.33. The smallest absolute Gasteiger partial charge is 0.0169 e. The second kappa shape index (κ2) is 6.56. The molecule has 1 aliphatic rings. The fourth-order valence-corrected chi connectivity index (χ4v) is 1.12. The summed E-state index contributed by atoms with van der Waals surface area (Å²) in [5, 5.41) is 0. The van der Waals surface area contributed by atoms with E-state index >= 15 is 0 Å². The van der Waals surface area contributed by atoms with Gasteiger partial charge in [-0.05, 0) is 11.8 Å². The summed E-state index contributed by atoms with van der Waals surface area (Å²) in [6, 6.07) is 0. The minimum Gasteiger partial charge on any atom is -0.115 e. The van der Waals surface area contributed by atoms with E-state index in [2.05, 4.69) is 23.3 Å². The third kappa shape index (κ3) is 3.74. The normalized spacial score (nSPS) is 25.0. The minimum atomic E-state index is 1.33. The molecule has 1 fully saturated rings. The molecule has 1 heterocycles. The molecule has 0 aromatic rings. The molecule has 0 aromatic carbocycles. The Kier molecular flexibility index (Phi) is 8.27. The second-order valence-electron chi connectivity index (χ2n) is 0.854. The Labute approximate surface area is 52.6 Å². The summed E-state index contributed by atoms with van der Waals surface area (Å²) in [6.07, 6.45) is 0. The van der Waals surface area contributed by atoms with Crippen LogP contribution in [0.5, 0.6) is 0 Å². The molecule has 0 saturated carbocycles. The molecule has 1 aliphatic heterocycles. The molecule has 0 bridgehead atoms. The Bertz CT molecular complexity index is 17.5. The zero-order chi connectivity index (χ0) is 4.83. The van der Waals surface area contributed by atoms with Crippen LogP contribution in [0.15, 0.2) is 0 Å². The summed E-state index contributed by atoms with van der Waals surface area (Å²) < 4.78 is 0. The van der Waals surface area contributed by atoms with Crippen LogP contribution in [-0.4, -0.2) is 11.8 Å². The van der Waals surface area contributed by atoms with Crippen molar-refractivity contribution in [3.05, 3.63) is 0 Å². The van der Waals surface area contributed by atoms with Crippen LogP contribution < -0.4 is 0 Å². The molecule has 1 rings (SSSR count). The van der Waals surface area contributed by atoms with Gasteiger partial charge in [0.05, 0.1) is 0 Å². The summed E-state index contributed by atoms with van der Waals surface area (Å²) in [5.41, 5.74) is 0. The Hall–Kier alpha value is 1.56. The van der Waals surface area contributed by atoms with Crippen molar-refractivity contribution in [3.63, 3.8) is 0 Å². The quantitative estimate of drug-likeness (QED) is 0.301. The van der Waals surface area contributed by atoms with Crippen molar-refractivity contribution in [1.82, 2.24) is 0 Å². The average Bonchev–Trinajstić information content (AvgIpc) is 1.36. The van der Waals surface area contributed by atoms with E-state index < -0.39 is 0 Å². The van der Waals surface area contributed by atoms with E-state index in [4.69, 9.17) is 0 Å². The first-order valence-electron chi connectivity index (χ1n) is 1.61. The number of thiol groups is 2. The highest BCUT2D eigenvalue weighted by molar-refractivity contribution is 8.59. The van der Waals surface area contributed by atoms with Gasteiger partial charge in [0.1, 0.15) is 0 Å². The molecule has 0 aromatic heterocycles. The van der Waals surface area contributed by atoms with Crippen LogP contribution in [0.1, 0.15) is 0 Å². The SMILES string of the molecule is C1PCP1.SS. The van der Waals surface area contributed by atoms with Crippen molar-refractivity contribution in [2.75, 3.05) is 11.8 Å². The lowest BCUT2D eigenvalue weighted by atomic mass is 11.8. The van der Waals surface area contributed by atoms with Crippen LogP contribution in [-0.2, 0) is 0 Å². The molecule has 0 atom stereocenters. The Morgan fingerprint density at radius 1 is 1.00 bits per heavy atom. The van der Waals surface area contributed by atoms with E-state index in [1.807, 2.05) is 0 Å². The van der Waals surface area contributed by atoms with Gasteiger partial charge in [-0.1, -0.05) is 0 Å². The molecular formula is C2H8P2S2. The van der Waals surface area contributed by atoms with Crippen molar-refractivity contribution in [3.8, 4) is 0 Å². The molecular weight excluding hydrogens is 150 g/mol. The first-order chi connectivity index (χ1) is 3.00. The van der Waals surface area contributed by atoms with Gasteiger partial charge in [-0.15, -0.1) is 40.5 Å². The van der Waals surface area contributed by atoms with Crippen LogP contribution in [0.4, 0.5) is 0 Å². The maximum absolute atomic E-state index is 3.22. The zero-order valence-electron chi connectivity index (χ0n) is 3.31. The van der Waals surface area contributed by atoms with Crippen molar-refractivity contribution < 1.29 is 0 Å². The summed E-state index contributed by atoms with van der Waals surface area (Å²) >= 11 is 6.44. The van der Waals surface area contributed by atoms with Gasteiger partial charge in [0, 0.05) is 0 Å². The maximum Gasteiger partial charge on any atom is -0.0169 e. The number of rotatable bonds is 0. The Morgan fingerprint density at radius 2 is 1.17 bits per heavy atom. The molecule has 0 radical (unpaired) electrons. The van der Waals surface area contributed by atoms with Gasteiger partial charge in [-0.25, -0.2) is 0 Å². The predicted molar refractivity (Wildman–Crippen MR) is 44.3 cm³/mol. The van der Waals surface area contributed by atoms with Crippen LogP contribution in [0.3, 0.4) is 0 Å². The van der Waals surface area contributed by atoms with Crippen molar-refractivity contribution in [2.24, 2.45) is 0 Å². The van der Waals surface area contributed by atoms with Gasteiger partial charge in [-0.2, -0.15) is 0 Å². The monoisotopic (exact) mass is 158 g/mol. The highest BCUT2D eigenvalue weighted by atomic mass is 33.1. The fraction of sp³-hybridized carbons (Fsp3) is 1.00. The Balaban J connectivity index is 0.000000112. The fourth-order valence-electron chi connectivity index (χ4n) is 0.125.